The highest BCUT2D eigenvalue weighted by atomic mass is 32.2. The van der Waals surface area contributed by atoms with Crippen LogP contribution in [-0.2, 0) is 11.8 Å². The molecule has 0 aromatic carbocycles. The molecule has 2 unspecified atom stereocenters. The van der Waals surface area contributed by atoms with Crippen LogP contribution in [0, 0.1) is 5.92 Å². The van der Waals surface area contributed by atoms with Crippen molar-refractivity contribution in [2.45, 2.75) is 25.7 Å². The molecule has 292 valence electrons. The first kappa shape index (κ1) is 36.4. The Morgan fingerprint density at radius 2 is 1.77 bits per heavy atom. The van der Waals surface area contributed by atoms with E-state index in [1.54, 1.807) is 39.2 Å². The molecule has 18 nitrogen and oxygen atoms in total. The molecule has 0 aliphatic carbocycles. The number of likely N-dealkylation sites (tertiary alicyclic amines) is 1. The van der Waals surface area contributed by atoms with Crippen molar-refractivity contribution in [3.05, 3.63) is 97.0 Å². The number of rotatable bonds is 13. The quantitative estimate of drug-likeness (QED) is 0.0847. The number of nitrogens with zero attached hydrogens (tertiary/aromatic N) is 12. The van der Waals surface area contributed by atoms with Crippen molar-refractivity contribution < 1.29 is 9.53 Å². The van der Waals surface area contributed by atoms with Crippen molar-refractivity contribution in [1.82, 2.24) is 63.0 Å². The lowest BCUT2D eigenvalue weighted by Crippen LogP contribution is -2.29. The molecule has 2 aliphatic heterocycles. The molecule has 2 aliphatic rings. The van der Waals surface area contributed by atoms with Crippen LogP contribution >= 0.6 is 23.5 Å². The number of nitrogens with one attached hydrogen (secondary N) is 4. The Morgan fingerprint density at radius 3 is 2.51 bits per heavy atom. The Hall–Kier alpha value is -6.25. The SMILES string of the molecule is C=C(/C=C(/Nc1nccn2c(-c3cnn(C)c3)cnc12)SNn1cc(-c2cnc3c(Nc4cc(C5CCN(C(=O)OCC)C5)ns4)nccn23)cn1)C1CCNC1. The molecule has 2 saturated heterocycles. The molecule has 20 heteroatoms. The van der Waals surface area contributed by atoms with Crippen molar-refractivity contribution in [3.8, 4) is 22.5 Å². The number of aromatic nitrogens is 11. The number of aryl methyl sites for hydroxylation is 1. The lowest BCUT2D eigenvalue weighted by molar-refractivity contribution is 0.115. The fourth-order valence-corrected chi connectivity index (χ4v) is 8.47. The molecule has 7 aromatic heterocycles. The molecule has 4 N–H and O–H groups in total. The van der Waals surface area contributed by atoms with Gasteiger partial charge in [-0.25, -0.2) is 29.6 Å². The summed E-state index contributed by atoms with van der Waals surface area (Å²) in [5.41, 5.74) is 6.88. The minimum absolute atomic E-state index is 0.158. The van der Waals surface area contributed by atoms with Gasteiger partial charge in [0.15, 0.2) is 22.9 Å². The van der Waals surface area contributed by atoms with Crippen LogP contribution in [0.15, 0.2) is 91.3 Å². The minimum Gasteiger partial charge on any atom is -0.450 e. The Balaban J connectivity index is 0.905. The first-order chi connectivity index (χ1) is 27.9. The number of amides is 1. The molecule has 2 atom stereocenters. The Kier molecular flexibility index (Phi) is 10.0. The monoisotopic (exact) mass is 804 g/mol. The van der Waals surface area contributed by atoms with E-state index in [4.69, 9.17) is 14.7 Å². The van der Waals surface area contributed by atoms with Crippen molar-refractivity contribution in [3.63, 3.8) is 0 Å². The highest BCUT2D eigenvalue weighted by Crippen LogP contribution is 2.33. The molecule has 2 fully saturated rings. The molecular weight excluding hydrogens is 765 g/mol. The third-order valence-corrected chi connectivity index (χ3v) is 11.5. The maximum Gasteiger partial charge on any atom is 0.409 e. The van der Waals surface area contributed by atoms with Crippen molar-refractivity contribution in [2.24, 2.45) is 13.0 Å². The fraction of sp³-hybridized carbons (Fsp3) is 0.297. The Morgan fingerprint density at radius 1 is 1.02 bits per heavy atom. The van der Waals surface area contributed by atoms with Crippen molar-refractivity contribution >= 4 is 57.5 Å². The third kappa shape index (κ3) is 7.53. The van der Waals surface area contributed by atoms with Gasteiger partial charge in [0.2, 0.25) is 0 Å². The second-order valence-electron chi connectivity index (χ2n) is 13.8. The first-order valence-electron chi connectivity index (χ1n) is 18.5. The summed E-state index contributed by atoms with van der Waals surface area (Å²) >= 11 is 2.72. The lowest BCUT2D eigenvalue weighted by atomic mass is 10.00. The zero-order valence-corrected chi connectivity index (χ0v) is 32.9. The number of anilines is 3. The van der Waals surface area contributed by atoms with Crippen LogP contribution in [0.1, 0.15) is 31.4 Å². The summed E-state index contributed by atoms with van der Waals surface area (Å²) in [4.78, 5) is 37.6. The number of hydrogen-bond donors (Lipinski definition) is 4. The van der Waals surface area contributed by atoms with E-state index in [0.717, 1.165) is 69.7 Å². The largest absolute Gasteiger partial charge is 0.450 e. The van der Waals surface area contributed by atoms with E-state index in [9.17, 15) is 4.79 Å². The number of carbonyl (C=O) groups is 1. The molecule has 0 spiro atoms. The van der Waals surface area contributed by atoms with Gasteiger partial charge in [-0.1, -0.05) is 6.58 Å². The molecular formula is C37H40N16O2S2. The van der Waals surface area contributed by atoms with Crippen LogP contribution in [-0.4, -0.2) is 96.6 Å². The Bertz CT molecular complexity index is 2600. The number of imidazole rings is 2. The van der Waals surface area contributed by atoms with Crippen LogP contribution in [0.4, 0.5) is 21.4 Å². The molecule has 9 heterocycles. The summed E-state index contributed by atoms with van der Waals surface area (Å²) in [7, 11) is 1.89. The molecule has 57 heavy (non-hydrogen) atoms. The number of carbonyl (C=O) groups excluding carboxylic acids is 1. The average molecular weight is 805 g/mol. The Labute approximate surface area is 335 Å². The van der Waals surface area contributed by atoms with Crippen molar-refractivity contribution in [1.29, 1.82) is 0 Å². The topological polar surface area (TPSA) is 187 Å². The average Bonchev–Trinajstić information content (AvgIpc) is 4.07. The number of ether oxygens (including phenoxy) is 1. The van der Waals surface area contributed by atoms with E-state index in [1.165, 1.54) is 23.5 Å². The van der Waals surface area contributed by atoms with Gasteiger partial charge in [-0.2, -0.15) is 19.4 Å². The third-order valence-electron chi connectivity index (χ3n) is 10.0. The standard InChI is InChI=1S/C37H40N16O2S2/c1-4-55-37(54)50-10-6-25(21-50)28-14-32(56-47-28)46-34-36-42-19-30(52(36)12-9-40-34)27-17-44-53(22-27)48-57-31(13-23(2)24-5-7-38-15-24)45-33-35-41-18-29(51(35)11-8-39-33)26-16-43-49(3)20-26/h8-9,11-14,16-20,22,24-25,38,48H,2,4-7,10,15,21H2,1,3H3,(H,39,45)(H,40,46)/b31-13-. The zero-order valence-electron chi connectivity index (χ0n) is 31.2. The summed E-state index contributed by atoms with van der Waals surface area (Å²) < 4.78 is 15.6. The molecule has 9 rings (SSSR count). The van der Waals surface area contributed by atoms with Gasteiger partial charge < -0.3 is 25.6 Å². The smallest absolute Gasteiger partial charge is 0.409 e. The molecule has 7 aromatic rings. The van der Waals surface area contributed by atoms with Crippen LogP contribution in [0.25, 0.3) is 33.8 Å². The van der Waals surface area contributed by atoms with Crippen LogP contribution in [0.5, 0.6) is 0 Å². The second kappa shape index (κ2) is 15.7. The maximum absolute atomic E-state index is 12.2. The lowest BCUT2D eigenvalue weighted by Gasteiger charge is -2.15. The van der Waals surface area contributed by atoms with Gasteiger partial charge in [-0.05, 0) is 61.5 Å². The van der Waals surface area contributed by atoms with Gasteiger partial charge in [-0.15, -0.1) is 0 Å². The van der Waals surface area contributed by atoms with Gasteiger partial charge in [0.25, 0.3) is 0 Å². The second-order valence-corrected chi connectivity index (χ2v) is 15.4. The highest BCUT2D eigenvalue weighted by Gasteiger charge is 2.30. The first-order valence-corrected chi connectivity index (χ1v) is 20.1. The van der Waals surface area contributed by atoms with Crippen LogP contribution < -0.4 is 20.8 Å². The van der Waals surface area contributed by atoms with E-state index in [2.05, 4.69) is 58.0 Å². The predicted octanol–water partition coefficient (Wildman–Crippen LogP) is 5.49. The van der Waals surface area contributed by atoms with Crippen LogP contribution in [0.2, 0.25) is 0 Å². The van der Waals surface area contributed by atoms with Gasteiger partial charge >= 0.3 is 6.09 Å². The van der Waals surface area contributed by atoms with Crippen molar-refractivity contribution in [2.75, 3.05) is 48.3 Å². The summed E-state index contributed by atoms with van der Waals surface area (Å²) in [6, 6.07) is 2.02. The zero-order chi connectivity index (χ0) is 38.9. The van der Waals surface area contributed by atoms with E-state index in [1.807, 2.05) is 66.0 Å². The summed E-state index contributed by atoms with van der Waals surface area (Å²) in [6.45, 7) is 9.69. The van der Waals surface area contributed by atoms with E-state index >= 15 is 0 Å². The minimum atomic E-state index is -0.273. The van der Waals surface area contributed by atoms with Gasteiger partial charge in [-0.3, -0.25) is 13.5 Å². The molecule has 0 radical (unpaired) electrons. The maximum atomic E-state index is 12.2. The predicted molar refractivity (Wildman–Crippen MR) is 220 cm³/mol. The normalized spacial score (nSPS) is 17.2. The highest BCUT2D eigenvalue weighted by molar-refractivity contribution is 8.04. The summed E-state index contributed by atoms with van der Waals surface area (Å²) in [6.07, 6.45) is 22.0. The van der Waals surface area contributed by atoms with E-state index < -0.39 is 0 Å². The van der Waals surface area contributed by atoms with Gasteiger partial charge in [0.1, 0.15) is 5.00 Å². The summed E-state index contributed by atoms with van der Waals surface area (Å²) in [5.74, 6) is 1.70. The number of fused-ring (bicyclic) bond motifs is 2. The number of allylic oxidation sites excluding steroid dienone is 1. The van der Waals surface area contributed by atoms with Gasteiger partial charge in [0, 0.05) is 86.7 Å². The summed E-state index contributed by atoms with van der Waals surface area (Å²) in [5, 5.41) is 20.9. The molecule has 1 amide bonds. The fourth-order valence-electron chi connectivity index (χ4n) is 7.10. The number of hydrogen-bond acceptors (Lipinski definition) is 15. The van der Waals surface area contributed by atoms with Gasteiger partial charge in [0.05, 0.1) is 59.7 Å². The van der Waals surface area contributed by atoms with Crippen LogP contribution in [0.3, 0.4) is 0 Å². The van der Waals surface area contributed by atoms with E-state index in [-0.39, 0.29) is 12.0 Å². The van der Waals surface area contributed by atoms with E-state index in [0.29, 0.717) is 48.5 Å². The molecule has 0 saturated carbocycles. The molecule has 0 bridgehead atoms.